The summed E-state index contributed by atoms with van der Waals surface area (Å²) in [6.07, 6.45) is -0.313. The minimum Gasteiger partial charge on any atom is -0.481 e. The number of benzene rings is 2. The van der Waals surface area contributed by atoms with Crippen LogP contribution in [0.3, 0.4) is 0 Å². The summed E-state index contributed by atoms with van der Waals surface area (Å²) in [6, 6.07) is 14.2. The Hall–Kier alpha value is -3.48. The molecule has 0 radical (unpaired) electrons. The van der Waals surface area contributed by atoms with E-state index in [2.05, 4.69) is 36.1 Å². The molecular weight excluding hydrogens is 382 g/mol. The maximum Gasteiger partial charge on any atom is 0.326 e. The highest BCUT2D eigenvalue weighted by molar-refractivity contribution is 5.92. The van der Waals surface area contributed by atoms with Crippen LogP contribution in [0, 0.1) is 0 Å². The molecule has 0 spiro atoms. The molecule has 0 bridgehead atoms. The van der Waals surface area contributed by atoms with E-state index in [0.29, 0.717) is 22.5 Å². The lowest BCUT2D eigenvalue weighted by Crippen LogP contribution is -2.30. The van der Waals surface area contributed by atoms with Crippen molar-refractivity contribution in [3.05, 3.63) is 54.1 Å². The number of anilines is 1. The molecule has 1 atom stereocenters. The second-order valence-corrected chi connectivity index (χ2v) is 8.21. The standard InChI is InChI=1S/C23H25N3O4/c1-23(2,3)15-10-8-14(9-11-15)20-24-17-7-5-4-6-16(17)21(26-20)25-18(22(29)30)12-13-19(27)28/h4-11,18H,12-13H2,1-3H3,(H,27,28)(H,29,30)(H,24,25,26)/t18-/m0/s1. The van der Waals surface area contributed by atoms with Gasteiger partial charge in [-0.3, -0.25) is 4.79 Å². The van der Waals surface area contributed by atoms with Gasteiger partial charge >= 0.3 is 11.9 Å². The Morgan fingerprint density at radius 3 is 2.27 bits per heavy atom. The average Bonchev–Trinajstić information content (AvgIpc) is 2.70. The fourth-order valence-electron chi connectivity index (χ4n) is 3.13. The highest BCUT2D eigenvalue weighted by Gasteiger charge is 2.21. The van der Waals surface area contributed by atoms with Crippen molar-refractivity contribution in [3.63, 3.8) is 0 Å². The number of aliphatic carboxylic acids is 2. The normalized spacial score (nSPS) is 12.5. The number of nitrogens with zero attached hydrogens (tertiary/aromatic N) is 2. The quantitative estimate of drug-likeness (QED) is 0.534. The van der Waals surface area contributed by atoms with Gasteiger partial charge in [0.05, 0.1) is 5.52 Å². The minimum atomic E-state index is -1.13. The number of hydrogen-bond acceptors (Lipinski definition) is 5. The molecule has 156 valence electrons. The number of para-hydroxylation sites is 1. The summed E-state index contributed by atoms with van der Waals surface area (Å²) in [4.78, 5) is 31.7. The summed E-state index contributed by atoms with van der Waals surface area (Å²) in [5.74, 6) is -1.34. The summed E-state index contributed by atoms with van der Waals surface area (Å²) in [7, 11) is 0. The molecule has 7 heteroatoms. The topological polar surface area (TPSA) is 112 Å². The molecule has 3 rings (SSSR count). The second kappa shape index (κ2) is 8.49. The van der Waals surface area contributed by atoms with Crippen molar-refractivity contribution in [2.45, 2.75) is 45.1 Å². The third-order valence-electron chi connectivity index (χ3n) is 4.87. The zero-order valence-corrected chi connectivity index (χ0v) is 17.2. The molecule has 0 aliphatic carbocycles. The van der Waals surface area contributed by atoms with E-state index in [0.717, 1.165) is 5.56 Å². The van der Waals surface area contributed by atoms with Crippen LogP contribution in [0.5, 0.6) is 0 Å². The van der Waals surface area contributed by atoms with E-state index in [1.165, 1.54) is 5.56 Å². The van der Waals surface area contributed by atoms with Gasteiger partial charge in [-0.15, -0.1) is 0 Å². The molecule has 0 saturated heterocycles. The Morgan fingerprint density at radius 2 is 1.67 bits per heavy atom. The molecule has 3 N–H and O–H groups in total. The Kier molecular flexibility index (Phi) is 6.01. The minimum absolute atomic E-state index is 0.0222. The third kappa shape index (κ3) is 4.92. The SMILES string of the molecule is CC(C)(C)c1ccc(-c2nc(N[C@@H](CCC(=O)O)C(=O)O)c3ccccc3n2)cc1. The Bertz CT molecular complexity index is 1070. The first-order valence-electron chi connectivity index (χ1n) is 9.74. The van der Waals surface area contributed by atoms with Gasteiger partial charge in [0.25, 0.3) is 0 Å². The van der Waals surface area contributed by atoms with Gasteiger partial charge in [-0.25, -0.2) is 14.8 Å². The van der Waals surface area contributed by atoms with Crippen LogP contribution in [0.4, 0.5) is 5.82 Å². The molecule has 30 heavy (non-hydrogen) atoms. The predicted octanol–water partition coefficient (Wildman–Crippen LogP) is 4.32. The van der Waals surface area contributed by atoms with Crippen molar-refractivity contribution in [1.82, 2.24) is 9.97 Å². The van der Waals surface area contributed by atoms with E-state index in [1.807, 2.05) is 42.5 Å². The van der Waals surface area contributed by atoms with Gasteiger partial charge in [0.2, 0.25) is 0 Å². The van der Waals surface area contributed by atoms with Crippen molar-refractivity contribution < 1.29 is 19.8 Å². The summed E-state index contributed by atoms with van der Waals surface area (Å²) in [6.45, 7) is 6.42. The van der Waals surface area contributed by atoms with E-state index >= 15 is 0 Å². The molecule has 1 aromatic heterocycles. The maximum absolute atomic E-state index is 11.6. The summed E-state index contributed by atoms with van der Waals surface area (Å²) < 4.78 is 0. The molecule has 0 amide bonds. The second-order valence-electron chi connectivity index (χ2n) is 8.21. The molecule has 0 unspecified atom stereocenters. The van der Waals surface area contributed by atoms with Gasteiger partial charge in [-0.2, -0.15) is 0 Å². The predicted molar refractivity (Wildman–Crippen MR) is 116 cm³/mol. The van der Waals surface area contributed by atoms with Crippen LogP contribution in [0.2, 0.25) is 0 Å². The van der Waals surface area contributed by atoms with Gasteiger partial charge in [0, 0.05) is 17.4 Å². The number of carboxylic acid groups (broad SMARTS) is 2. The van der Waals surface area contributed by atoms with E-state index in [9.17, 15) is 14.7 Å². The summed E-state index contributed by atoms with van der Waals surface area (Å²) >= 11 is 0. The highest BCUT2D eigenvalue weighted by Crippen LogP contribution is 2.28. The van der Waals surface area contributed by atoms with Crippen LogP contribution in [-0.4, -0.2) is 38.2 Å². The fraction of sp³-hybridized carbons (Fsp3) is 0.304. The van der Waals surface area contributed by atoms with Crippen LogP contribution in [0.1, 0.15) is 39.2 Å². The number of aromatic nitrogens is 2. The molecule has 2 aromatic carbocycles. The molecule has 7 nitrogen and oxygen atoms in total. The van der Waals surface area contributed by atoms with Gasteiger partial charge in [0.1, 0.15) is 11.9 Å². The lowest BCUT2D eigenvalue weighted by Gasteiger charge is -2.19. The van der Waals surface area contributed by atoms with Crippen molar-refractivity contribution in [2.24, 2.45) is 0 Å². The fourth-order valence-corrected chi connectivity index (χ4v) is 3.13. The van der Waals surface area contributed by atoms with Crippen LogP contribution in [-0.2, 0) is 15.0 Å². The average molecular weight is 407 g/mol. The molecule has 0 aliphatic rings. The maximum atomic E-state index is 11.6. The number of rotatable bonds is 7. The van der Waals surface area contributed by atoms with Gasteiger partial charge < -0.3 is 15.5 Å². The highest BCUT2D eigenvalue weighted by atomic mass is 16.4. The number of carboxylic acids is 2. The van der Waals surface area contributed by atoms with E-state index in [1.54, 1.807) is 6.07 Å². The van der Waals surface area contributed by atoms with E-state index < -0.39 is 18.0 Å². The smallest absolute Gasteiger partial charge is 0.326 e. The first-order chi connectivity index (χ1) is 14.1. The molecule has 0 fully saturated rings. The van der Waals surface area contributed by atoms with Crippen LogP contribution in [0.15, 0.2) is 48.5 Å². The van der Waals surface area contributed by atoms with E-state index in [-0.39, 0.29) is 18.3 Å². The summed E-state index contributed by atoms with van der Waals surface area (Å²) in [5.41, 5.74) is 2.69. The number of fused-ring (bicyclic) bond motifs is 1. The van der Waals surface area contributed by atoms with Crippen molar-refractivity contribution in [2.75, 3.05) is 5.32 Å². The number of carbonyl (C=O) groups is 2. The van der Waals surface area contributed by atoms with Crippen LogP contribution < -0.4 is 5.32 Å². The number of nitrogens with one attached hydrogen (secondary N) is 1. The van der Waals surface area contributed by atoms with Crippen molar-refractivity contribution in [3.8, 4) is 11.4 Å². The monoisotopic (exact) mass is 407 g/mol. The lowest BCUT2D eigenvalue weighted by atomic mass is 9.87. The number of hydrogen-bond donors (Lipinski definition) is 3. The Labute approximate surface area is 174 Å². The van der Waals surface area contributed by atoms with Crippen LogP contribution >= 0.6 is 0 Å². The molecule has 0 saturated carbocycles. The largest absolute Gasteiger partial charge is 0.481 e. The molecule has 3 aromatic rings. The summed E-state index contributed by atoms with van der Waals surface area (Å²) in [5, 5.41) is 22.0. The zero-order chi connectivity index (χ0) is 21.9. The first-order valence-corrected chi connectivity index (χ1v) is 9.74. The van der Waals surface area contributed by atoms with Gasteiger partial charge in [-0.05, 0) is 29.5 Å². The van der Waals surface area contributed by atoms with Crippen molar-refractivity contribution >= 4 is 28.7 Å². The van der Waals surface area contributed by atoms with Crippen molar-refractivity contribution in [1.29, 1.82) is 0 Å². The molecular formula is C23H25N3O4. The Morgan fingerprint density at radius 1 is 1.00 bits per heavy atom. The van der Waals surface area contributed by atoms with E-state index in [4.69, 9.17) is 5.11 Å². The third-order valence-corrected chi connectivity index (χ3v) is 4.87. The zero-order valence-electron chi connectivity index (χ0n) is 17.2. The van der Waals surface area contributed by atoms with Crippen LogP contribution in [0.25, 0.3) is 22.3 Å². The Balaban J connectivity index is 2.02. The lowest BCUT2D eigenvalue weighted by molar-refractivity contribution is -0.139. The van der Waals surface area contributed by atoms with Gasteiger partial charge in [-0.1, -0.05) is 57.2 Å². The molecule has 1 heterocycles. The molecule has 0 aliphatic heterocycles. The first kappa shape index (κ1) is 21.2. The van der Waals surface area contributed by atoms with Gasteiger partial charge in [0.15, 0.2) is 5.82 Å².